The molecule has 0 fully saturated rings. The first-order chi connectivity index (χ1) is 9.23. The maximum absolute atomic E-state index is 11.4. The van der Waals surface area contributed by atoms with Crippen LogP contribution in [0.25, 0.3) is 0 Å². The van der Waals surface area contributed by atoms with Crippen LogP contribution in [0.1, 0.15) is 32.9 Å². The summed E-state index contributed by atoms with van der Waals surface area (Å²) >= 11 is 1.35. The van der Waals surface area contributed by atoms with Crippen molar-refractivity contribution in [3.8, 4) is 0 Å². The van der Waals surface area contributed by atoms with E-state index in [0.29, 0.717) is 23.0 Å². The molecule has 1 atom stereocenters. The summed E-state index contributed by atoms with van der Waals surface area (Å²) in [6.45, 7) is 7.24. The van der Waals surface area contributed by atoms with Gasteiger partial charge >= 0.3 is 5.97 Å². The van der Waals surface area contributed by atoms with E-state index in [2.05, 4.69) is 15.3 Å². The molecule has 1 heterocycles. The first kappa shape index (κ1) is 16.7. The quantitative estimate of drug-likeness (QED) is 0.520. The zero-order valence-electron chi connectivity index (χ0n) is 12.2. The molecule has 1 rings (SSSR count). The Morgan fingerprint density at radius 3 is 2.75 bits per heavy atom. The number of aromatic nitrogens is 2. The molecular weight excluding hydrogens is 278 g/mol. The van der Waals surface area contributed by atoms with E-state index < -0.39 is 11.5 Å². The third-order valence-corrected chi connectivity index (χ3v) is 3.64. The minimum absolute atomic E-state index is 0.0815. The highest BCUT2D eigenvalue weighted by atomic mass is 32.2. The number of hydrogen-bond acceptors (Lipinski definition) is 5. The zero-order valence-corrected chi connectivity index (χ0v) is 13.0. The molecule has 20 heavy (non-hydrogen) atoms. The topological polar surface area (TPSA) is 95.1 Å². The number of carboxylic acid groups (broad SMARTS) is 1. The Kier molecular flexibility index (Phi) is 5.76. The van der Waals surface area contributed by atoms with Gasteiger partial charge in [0.05, 0.1) is 0 Å². The average molecular weight is 299 g/mol. The molecule has 1 aromatic rings. The number of thioether (sulfide) groups is 1. The molecule has 3 N–H and O–H groups in total. The first-order valence-electron chi connectivity index (χ1n) is 6.45. The van der Waals surface area contributed by atoms with Crippen molar-refractivity contribution < 1.29 is 9.90 Å². The zero-order chi connectivity index (χ0) is 15.3. The van der Waals surface area contributed by atoms with E-state index in [-0.39, 0.29) is 11.6 Å². The standard InChI is InChI=1S/C13H21N3O3S/c1-8(2)16-13(4,11(18)19)5-6-20-12-14-9(3)7-10(17)15-12/h7-8,16H,5-6H2,1-4H3,(H,18,19)(H,14,15,17). The molecule has 0 aromatic carbocycles. The van der Waals surface area contributed by atoms with Gasteiger partial charge in [-0.3, -0.25) is 14.9 Å². The predicted molar refractivity (Wildman–Crippen MR) is 79.2 cm³/mol. The van der Waals surface area contributed by atoms with Crippen LogP contribution >= 0.6 is 11.8 Å². The Hall–Kier alpha value is -1.34. The molecule has 0 radical (unpaired) electrons. The number of rotatable bonds is 7. The van der Waals surface area contributed by atoms with Gasteiger partial charge in [-0.15, -0.1) is 0 Å². The van der Waals surface area contributed by atoms with Crippen LogP contribution in [0.2, 0.25) is 0 Å². The van der Waals surface area contributed by atoms with Gasteiger partial charge in [-0.2, -0.15) is 0 Å². The summed E-state index contributed by atoms with van der Waals surface area (Å²) < 4.78 is 0. The highest BCUT2D eigenvalue weighted by Gasteiger charge is 2.32. The number of H-pyrrole nitrogens is 1. The largest absolute Gasteiger partial charge is 0.480 e. The minimum atomic E-state index is -0.981. The molecule has 0 saturated heterocycles. The van der Waals surface area contributed by atoms with Crippen LogP contribution in [0.15, 0.2) is 16.0 Å². The summed E-state index contributed by atoms with van der Waals surface area (Å²) in [6, 6.07) is 1.50. The average Bonchev–Trinajstić information content (AvgIpc) is 2.26. The second kappa shape index (κ2) is 6.90. The molecule has 1 aromatic heterocycles. The van der Waals surface area contributed by atoms with Crippen molar-refractivity contribution in [3.05, 3.63) is 22.1 Å². The van der Waals surface area contributed by atoms with Crippen LogP contribution < -0.4 is 10.9 Å². The van der Waals surface area contributed by atoms with Crippen LogP contribution in [0.3, 0.4) is 0 Å². The monoisotopic (exact) mass is 299 g/mol. The Morgan fingerprint density at radius 2 is 2.25 bits per heavy atom. The number of nitrogens with one attached hydrogen (secondary N) is 2. The maximum Gasteiger partial charge on any atom is 0.323 e. The second-order valence-corrected chi connectivity index (χ2v) is 6.31. The smallest absolute Gasteiger partial charge is 0.323 e. The van der Waals surface area contributed by atoms with Gasteiger partial charge in [0.1, 0.15) is 5.54 Å². The summed E-state index contributed by atoms with van der Waals surface area (Å²) in [5.74, 6) is -0.327. The van der Waals surface area contributed by atoms with Gasteiger partial charge in [-0.05, 0) is 34.1 Å². The van der Waals surface area contributed by atoms with Crippen LogP contribution in [0, 0.1) is 6.92 Å². The Labute approximate surface area is 122 Å². The van der Waals surface area contributed by atoms with Crippen molar-refractivity contribution in [2.24, 2.45) is 0 Å². The number of aryl methyl sites for hydroxylation is 1. The van der Waals surface area contributed by atoms with Gasteiger partial charge < -0.3 is 10.1 Å². The van der Waals surface area contributed by atoms with E-state index in [4.69, 9.17) is 0 Å². The van der Waals surface area contributed by atoms with Crippen LogP contribution in [-0.4, -0.2) is 38.4 Å². The number of carbonyl (C=O) groups is 1. The van der Waals surface area contributed by atoms with E-state index in [1.165, 1.54) is 17.8 Å². The van der Waals surface area contributed by atoms with Crippen molar-refractivity contribution in [2.75, 3.05) is 5.75 Å². The van der Waals surface area contributed by atoms with Gasteiger partial charge in [0.2, 0.25) is 0 Å². The van der Waals surface area contributed by atoms with Gasteiger partial charge in [0.15, 0.2) is 5.16 Å². The lowest BCUT2D eigenvalue weighted by Crippen LogP contribution is -2.52. The SMILES string of the molecule is Cc1cc(=O)[nH]c(SCCC(C)(NC(C)C)C(=O)O)n1. The highest BCUT2D eigenvalue weighted by molar-refractivity contribution is 7.99. The summed E-state index contributed by atoms with van der Waals surface area (Å²) in [7, 11) is 0. The molecule has 0 spiro atoms. The molecule has 7 heteroatoms. The lowest BCUT2D eigenvalue weighted by molar-refractivity contribution is -0.144. The fourth-order valence-corrected chi connectivity index (χ4v) is 2.93. The maximum atomic E-state index is 11.4. The molecule has 1 unspecified atom stereocenters. The van der Waals surface area contributed by atoms with E-state index in [0.717, 1.165) is 0 Å². The van der Waals surface area contributed by atoms with Gasteiger partial charge in [0, 0.05) is 23.6 Å². The van der Waals surface area contributed by atoms with Crippen molar-refractivity contribution >= 4 is 17.7 Å². The molecular formula is C13H21N3O3S. The van der Waals surface area contributed by atoms with Gasteiger partial charge in [0.25, 0.3) is 5.56 Å². The molecule has 112 valence electrons. The molecule has 0 aliphatic heterocycles. The molecule has 6 nitrogen and oxygen atoms in total. The van der Waals surface area contributed by atoms with Crippen LogP contribution in [0.5, 0.6) is 0 Å². The predicted octanol–water partition coefficient (Wildman–Crippen LogP) is 1.40. The van der Waals surface area contributed by atoms with Gasteiger partial charge in [-0.1, -0.05) is 11.8 Å². The summed E-state index contributed by atoms with van der Waals surface area (Å²) in [5.41, 5.74) is -0.524. The molecule has 0 amide bonds. The fourth-order valence-electron chi connectivity index (χ4n) is 1.85. The van der Waals surface area contributed by atoms with E-state index >= 15 is 0 Å². The second-order valence-electron chi connectivity index (χ2n) is 5.23. The summed E-state index contributed by atoms with van der Waals surface area (Å²) in [4.78, 5) is 29.5. The minimum Gasteiger partial charge on any atom is -0.480 e. The number of carboxylic acids is 1. The van der Waals surface area contributed by atoms with Crippen LogP contribution in [0.4, 0.5) is 0 Å². The van der Waals surface area contributed by atoms with Crippen molar-refractivity contribution in [2.45, 2.75) is 50.9 Å². The van der Waals surface area contributed by atoms with Crippen molar-refractivity contribution in [1.82, 2.24) is 15.3 Å². The van der Waals surface area contributed by atoms with E-state index in [1.807, 2.05) is 13.8 Å². The van der Waals surface area contributed by atoms with E-state index in [1.54, 1.807) is 13.8 Å². The number of hydrogen-bond donors (Lipinski definition) is 3. The van der Waals surface area contributed by atoms with E-state index in [9.17, 15) is 14.7 Å². The number of nitrogens with zero attached hydrogens (tertiary/aromatic N) is 1. The molecule has 0 aliphatic rings. The Bertz CT molecular complexity index is 530. The Balaban J connectivity index is 2.65. The highest BCUT2D eigenvalue weighted by Crippen LogP contribution is 2.19. The molecule has 0 bridgehead atoms. The molecule has 0 aliphatic carbocycles. The summed E-state index contributed by atoms with van der Waals surface area (Å²) in [6.07, 6.45) is 0.433. The normalized spacial score (nSPS) is 14.2. The third kappa shape index (κ3) is 4.97. The first-order valence-corrected chi connectivity index (χ1v) is 7.43. The molecule has 0 saturated carbocycles. The van der Waals surface area contributed by atoms with Crippen LogP contribution in [-0.2, 0) is 4.79 Å². The van der Waals surface area contributed by atoms with Crippen molar-refractivity contribution in [3.63, 3.8) is 0 Å². The van der Waals surface area contributed by atoms with Gasteiger partial charge in [-0.25, -0.2) is 4.98 Å². The number of aliphatic carboxylic acids is 1. The lowest BCUT2D eigenvalue weighted by atomic mass is 9.98. The van der Waals surface area contributed by atoms with Crippen molar-refractivity contribution in [1.29, 1.82) is 0 Å². The summed E-state index contributed by atoms with van der Waals surface area (Å²) in [5, 5.41) is 12.9. The fraction of sp³-hybridized carbons (Fsp3) is 0.615. The Morgan fingerprint density at radius 1 is 1.60 bits per heavy atom. The lowest BCUT2D eigenvalue weighted by Gasteiger charge is -2.28. The number of aromatic amines is 1. The third-order valence-electron chi connectivity index (χ3n) is 2.77.